The first kappa shape index (κ1) is 19.3. The Kier molecular flexibility index (Phi) is 5.83. The van der Waals surface area contributed by atoms with Crippen LogP contribution < -0.4 is 9.47 Å². The Morgan fingerprint density at radius 2 is 1.79 bits per heavy atom. The summed E-state index contributed by atoms with van der Waals surface area (Å²) in [6.07, 6.45) is 0. The smallest absolute Gasteiger partial charge is 0.364 e. The Morgan fingerprint density at radius 3 is 2.43 bits per heavy atom. The molecule has 9 heteroatoms. The highest BCUT2D eigenvalue weighted by Crippen LogP contribution is 2.27. The number of esters is 1. The number of aromatic nitrogens is 3. The molecule has 0 N–H and O–H groups in total. The van der Waals surface area contributed by atoms with Crippen LogP contribution in [-0.4, -0.2) is 34.7 Å². The second-order valence-corrected chi connectivity index (χ2v) is 5.65. The van der Waals surface area contributed by atoms with Crippen LogP contribution in [-0.2, 0) is 11.3 Å². The van der Waals surface area contributed by atoms with Crippen molar-refractivity contribution in [2.45, 2.75) is 13.5 Å². The summed E-state index contributed by atoms with van der Waals surface area (Å²) in [6.45, 7) is 2.00. The van der Waals surface area contributed by atoms with Crippen molar-refractivity contribution in [2.24, 2.45) is 0 Å². The highest BCUT2D eigenvalue weighted by atomic mass is 19.2. The van der Waals surface area contributed by atoms with Crippen molar-refractivity contribution in [3.8, 4) is 17.4 Å². The number of benzene rings is 2. The largest absolute Gasteiger partial charge is 0.497 e. The lowest BCUT2D eigenvalue weighted by Gasteiger charge is -2.10. The zero-order valence-electron chi connectivity index (χ0n) is 15.2. The second-order valence-electron chi connectivity index (χ2n) is 5.65. The summed E-state index contributed by atoms with van der Waals surface area (Å²) in [6, 6.07) is 10.2. The van der Waals surface area contributed by atoms with E-state index in [0.717, 1.165) is 17.7 Å². The van der Waals surface area contributed by atoms with Crippen LogP contribution >= 0.6 is 0 Å². The van der Waals surface area contributed by atoms with Crippen molar-refractivity contribution in [3.63, 3.8) is 0 Å². The lowest BCUT2D eigenvalue weighted by atomic mass is 10.2. The molecule has 0 aliphatic rings. The van der Waals surface area contributed by atoms with Crippen molar-refractivity contribution in [1.82, 2.24) is 15.0 Å². The number of rotatable bonds is 7. The van der Waals surface area contributed by atoms with Gasteiger partial charge in [-0.15, -0.1) is 5.10 Å². The van der Waals surface area contributed by atoms with E-state index < -0.39 is 17.6 Å². The van der Waals surface area contributed by atoms with Crippen molar-refractivity contribution < 1.29 is 27.8 Å². The number of methoxy groups -OCH3 is 1. The summed E-state index contributed by atoms with van der Waals surface area (Å²) in [5.41, 5.74) is 0.663. The minimum atomic E-state index is -1.08. The van der Waals surface area contributed by atoms with Gasteiger partial charge in [0.25, 0.3) is 5.88 Å². The molecular weight excluding hydrogens is 372 g/mol. The Bertz CT molecular complexity index is 974. The minimum absolute atomic E-state index is 0.0114. The van der Waals surface area contributed by atoms with E-state index in [-0.39, 0.29) is 30.5 Å². The Labute approximate surface area is 159 Å². The number of ether oxygens (including phenoxy) is 3. The molecule has 28 heavy (non-hydrogen) atoms. The lowest BCUT2D eigenvalue weighted by Crippen LogP contribution is -2.09. The summed E-state index contributed by atoms with van der Waals surface area (Å²) in [7, 11) is 1.56. The highest BCUT2D eigenvalue weighted by Gasteiger charge is 2.24. The third kappa shape index (κ3) is 4.25. The molecule has 2 aromatic carbocycles. The van der Waals surface area contributed by atoms with E-state index >= 15 is 0 Å². The fraction of sp³-hybridized carbons (Fsp3) is 0.211. The molecule has 0 spiro atoms. The van der Waals surface area contributed by atoms with Crippen LogP contribution in [0.3, 0.4) is 0 Å². The average molecular weight is 389 g/mol. The van der Waals surface area contributed by atoms with Crippen LogP contribution in [0.5, 0.6) is 17.4 Å². The third-order valence-electron chi connectivity index (χ3n) is 3.76. The molecule has 1 heterocycles. The molecule has 0 unspecified atom stereocenters. The first-order chi connectivity index (χ1) is 13.5. The SMILES string of the molecule is CCOC(=O)c1nnn(Cc2ccc(OC)cc2)c1Oc1ccc(F)c(F)c1. The summed E-state index contributed by atoms with van der Waals surface area (Å²) < 4.78 is 43.7. The molecule has 0 saturated carbocycles. The van der Waals surface area contributed by atoms with Crippen molar-refractivity contribution in [1.29, 1.82) is 0 Å². The summed E-state index contributed by atoms with van der Waals surface area (Å²) >= 11 is 0. The third-order valence-corrected chi connectivity index (χ3v) is 3.76. The normalized spacial score (nSPS) is 10.6. The maximum Gasteiger partial charge on any atom is 0.364 e. The van der Waals surface area contributed by atoms with Crippen LogP contribution in [0.15, 0.2) is 42.5 Å². The molecule has 0 aliphatic heterocycles. The van der Waals surface area contributed by atoms with Gasteiger partial charge in [0.05, 0.1) is 20.3 Å². The predicted molar refractivity (Wildman–Crippen MR) is 94.5 cm³/mol. The lowest BCUT2D eigenvalue weighted by molar-refractivity contribution is 0.0516. The molecule has 0 saturated heterocycles. The first-order valence-electron chi connectivity index (χ1n) is 8.38. The monoisotopic (exact) mass is 389 g/mol. The molecule has 3 rings (SSSR count). The summed E-state index contributed by atoms with van der Waals surface area (Å²) in [4.78, 5) is 12.2. The number of hydrogen-bond donors (Lipinski definition) is 0. The van der Waals surface area contributed by atoms with Crippen LogP contribution in [0.4, 0.5) is 8.78 Å². The van der Waals surface area contributed by atoms with Crippen molar-refractivity contribution >= 4 is 5.97 Å². The van der Waals surface area contributed by atoms with Gasteiger partial charge in [-0.05, 0) is 36.8 Å². The molecule has 0 aliphatic carbocycles. The Balaban J connectivity index is 1.94. The van der Waals surface area contributed by atoms with Crippen LogP contribution in [0.2, 0.25) is 0 Å². The van der Waals surface area contributed by atoms with Gasteiger partial charge in [-0.3, -0.25) is 0 Å². The summed E-state index contributed by atoms with van der Waals surface area (Å²) in [5.74, 6) is -2.19. The van der Waals surface area contributed by atoms with Gasteiger partial charge in [0.1, 0.15) is 11.5 Å². The van der Waals surface area contributed by atoms with E-state index in [1.165, 1.54) is 10.7 Å². The van der Waals surface area contributed by atoms with Crippen LogP contribution in [0.25, 0.3) is 0 Å². The van der Waals surface area contributed by atoms with Gasteiger partial charge in [-0.25, -0.2) is 18.3 Å². The van der Waals surface area contributed by atoms with Crippen molar-refractivity contribution in [2.75, 3.05) is 13.7 Å². The predicted octanol–water partition coefficient (Wildman–Crippen LogP) is 3.58. The van der Waals surface area contributed by atoms with Gasteiger partial charge in [-0.2, -0.15) is 0 Å². The molecule has 146 valence electrons. The number of carbonyl (C=O) groups is 1. The standard InChI is InChI=1S/C19H17F2N3O4/c1-3-27-19(25)17-18(28-14-8-9-15(20)16(21)10-14)24(23-22-17)11-12-4-6-13(26-2)7-5-12/h4-10H,3,11H2,1-2H3. The zero-order chi connectivity index (χ0) is 20.1. The van der Waals surface area contributed by atoms with Crippen molar-refractivity contribution in [3.05, 3.63) is 65.4 Å². The van der Waals surface area contributed by atoms with Gasteiger partial charge in [0.15, 0.2) is 11.6 Å². The number of hydrogen-bond acceptors (Lipinski definition) is 6. The Hall–Kier alpha value is -3.49. The minimum Gasteiger partial charge on any atom is -0.497 e. The van der Waals surface area contributed by atoms with E-state index in [9.17, 15) is 13.6 Å². The molecule has 0 bridgehead atoms. The molecular formula is C19H17F2N3O4. The fourth-order valence-electron chi connectivity index (χ4n) is 2.39. The molecule has 0 radical (unpaired) electrons. The van der Waals surface area contributed by atoms with Crippen LogP contribution in [0.1, 0.15) is 23.0 Å². The number of halogens is 2. The molecule has 3 aromatic rings. The topological polar surface area (TPSA) is 75.5 Å². The molecule has 1 aromatic heterocycles. The van der Waals surface area contributed by atoms with E-state index in [2.05, 4.69) is 10.3 Å². The van der Waals surface area contributed by atoms with Crippen LogP contribution in [0, 0.1) is 11.6 Å². The molecule has 0 fully saturated rings. The molecule has 7 nitrogen and oxygen atoms in total. The van der Waals surface area contributed by atoms with Gasteiger partial charge in [0.2, 0.25) is 5.69 Å². The molecule has 0 atom stereocenters. The maximum absolute atomic E-state index is 13.5. The number of carbonyl (C=O) groups excluding carboxylic acids is 1. The van der Waals surface area contributed by atoms with E-state index in [1.54, 1.807) is 26.2 Å². The van der Waals surface area contributed by atoms with E-state index in [4.69, 9.17) is 14.2 Å². The van der Waals surface area contributed by atoms with Gasteiger partial charge in [-0.1, -0.05) is 17.3 Å². The van der Waals surface area contributed by atoms with E-state index in [1.807, 2.05) is 12.1 Å². The zero-order valence-corrected chi connectivity index (χ0v) is 15.2. The second kappa shape index (κ2) is 8.47. The Morgan fingerprint density at radius 1 is 1.07 bits per heavy atom. The number of nitrogens with zero attached hydrogens (tertiary/aromatic N) is 3. The quantitative estimate of drug-likeness (QED) is 0.575. The molecule has 0 amide bonds. The van der Waals surface area contributed by atoms with Gasteiger partial charge in [0, 0.05) is 6.07 Å². The van der Waals surface area contributed by atoms with E-state index in [0.29, 0.717) is 5.75 Å². The first-order valence-corrected chi connectivity index (χ1v) is 8.38. The average Bonchev–Trinajstić information content (AvgIpc) is 3.08. The van der Waals surface area contributed by atoms with Gasteiger partial charge < -0.3 is 14.2 Å². The summed E-state index contributed by atoms with van der Waals surface area (Å²) in [5, 5.41) is 7.76. The fourth-order valence-corrected chi connectivity index (χ4v) is 2.39. The maximum atomic E-state index is 13.5. The van der Waals surface area contributed by atoms with Gasteiger partial charge >= 0.3 is 5.97 Å². The highest BCUT2D eigenvalue weighted by molar-refractivity contribution is 5.89.